The van der Waals surface area contributed by atoms with Crippen molar-refractivity contribution in [2.24, 2.45) is 0 Å². The number of aromatic carboxylic acids is 1. The molecule has 1 aromatic heterocycles. The zero-order valence-electron chi connectivity index (χ0n) is 11.2. The van der Waals surface area contributed by atoms with Gasteiger partial charge in [0.25, 0.3) is 0 Å². The van der Waals surface area contributed by atoms with Crippen molar-refractivity contribution in [3.8, 4) is 0 Å². The molecule has 1 aromatic carbocycles. The number of aliphatic hydroxyl groups excluding tert-OH is 1. The third-order valence-electron chi connectivity index (χ3n) is 2.66. The first-order valence-electron chi connectivity index (χ1n) is 6.13. The van der Waals surface area contributed by atoms with Crippen LogP contribution in [-0.4, -0.2) is 52.5 Å². The van der Waals surface area contributed by atoms with E-state index in [0.717, 1.165) is 5.39 Å². The van der Waals surface area contributed by atoms with Gasteiger partial charge in [-0.25, -0.2) is 14.8 Å². The van der Waals surface area contributed by atoms with Crippen LogP contribution in [0.3, 0.4) is 0 Å². The van der Waals surface area contributed by atoms with E-state index < -0.39 is 5.97 Å². The molecule has 0 radical (unpaired) electrons. The largest absolute Gasteiger partial charge is 0.478 e. The Morgan fingerprint density at radius 3 is 2.81 bits per heavy atom. The van der Waals surface area contributed by atoms with Crippen molar-refractivity contribution >= 4 is 35.1 Å². The number of nitrogens with one attached hydrogen (secondary N) is 1. The summed E-state index contributed by atoms with van der Waals surface area (Å²) in [5.74, 6) is -0.364. The van der Waals surface area contributed by atoms with E-state index >= 15 is 0 Å². The molecule has 8 heteroatoms. The van der Waals surface area contributed by atoms with Crippen LogP contribution in [0.2, 0.25) is 0 Å². The minimum Gasteiger partial charge on any atom is -0.478 e. The van der Waals surface area contributed by atoms with Gasteiger partial charge in [0, 0.05) is 11.9 Å². The first-order chi connectivity index (χ1) is 9.72. The number of ether oxygens (including phenoxy) is 1. The van der Waals surface area contributed by atoms with Crippen molar-refractivity contribution in [2.75, 3.05) is 31.7 Å². The topological polar surface area (TPSA) is 105 Å². The molecule has 0 fully saturated rings. The third kappa shape index (κ3) is 4.52. The predicted molar refractivity (Wildman–Crippen MR) is 80.1 cm³/mol. The highest BCUT2D eigenvalue weighted by atomic mass is 35.5. The van der Waals surface area contributed by atoms with Gasteiger partial charge in [0.15, 0.2) is 0 Å². The number of hydrogen-bond donors (Lipinski definition) is 3. The minimum absolute atomic E-state index is 0. The van der Waals surface area contributed by atoms with E-state index in [1.165, 1.54) is 18.5 Å². The van der Waals surface area contributed by atoms with Crippen LogP contribution in [0.25, 0.3) is 10.9 Å². The molecule has 0 aliphatic heterocycles. The Balaban J connectivity index is 0.00000220. The molecular formula is C13H16ClN3O4. The normalized spacial score (nSPS) is 10.1. The van der Waals surface area contributed by atoms with Crippen LogP contribution in [0.5, 0.6) is 0 Å². The summed E-state index contributed by atoms with van der Waals surface area (Å²) in [5, 5.41) is 21.4. The molecule has 1 heterocycles. The molecule has 0 unspecified atom stereocenters. The number of anilines is 1. The minimum atomic E-state index is -0.988. The number of carbonyl (C=O) groups is 1. The lowest BCUT2D eigenvalue weighted by molar-refractivity contribution is 0.0697. The maximum atomic E-state index is 10.9. The van der Waals surface area contributed by atoms with Crippen LogP contribution in [-0.2, 0) is 4.74 Å². The number of carboxylic acids is 1. The molecule has 0 amide bonds. The summed E-state index contributed by atoms with van der Waals surface area (Å²) in [7, 11) is 0. The smallest absolute Gasteiger partial charge is 0.335 e. The van der Waals surface area contributed by atoms with Crippen molar-refractivity contribution in [3.63, 3.8) is 0 Å². The number of rotatable bonds is 7. The Bertz CT molecular complexity index is 609. The maximum absolute atomic E-state index is 10.9. The molecule has 3 N–H and O–H groups in total. The Morgan fingerprint density at radius 1 is 1.29 bits per heavy atom. The SMILES string of the molecule is Cl.O=C(O)c1ccc2c(NCCOCCO)ncnc2c1. The molecular weight excluding hydrogens is 298 g/mol. The van der Waals surface area contributed by atoms with Crippen LogP contribution in [0.1, 0.15) is 10.4 Å². The number of carboxylic acid groups (broad SMARTS) is 1. The third-order valence-corrected chi connectivity index (χ3v) is 2.66. The average Bonchev–Trinajstić information content (AvgIpc) is 2.46. The number of nitrogens with zero attached hydrogens (tertiary/aromatic N) is 2. The van der Waals surface area contributed by atoms with E-state index in [9.17, 15) is 4.79 Å². The zero-order valence-corrected chi connectivity index (χ0v) is 12.0. The lowest BCUT2D eigenvalue weighted by atomic mass is 10.1. The quantitative estimate of drug-likeness (QED) is 0.659. The number of fused-ring (bicyclic) bond motifs is 1. The van der Waals surface area contributed by atoms with Crippen LogP contribution in [0.4, 0.5) is 5.82 Å². The van der Waals surface area contributed by atoms with Gasteiger partial charge in [-0.15, -0.1) is 12.4 Å². The number of hydrogen-bond acceptors (Lipinski definition) is 6. The van der Waals surface area contributed by atoms with Gasteiger partial charge in [-0.05, 0) is 18.2 Å². The lowest BCUT2D eigenvalue weighted by Crippen LogP contribution is -2.12. The van der Waals surface area contributed by atoms with E-state index in [2.05, 4.69) is 15.3 Å². The Morgan fingerprint density at radius 2 is 2.10 bits per heavy atom. The maximum Gasteiger partial charge on any atom is 0.335 e. The second-order valence-electron chi connectivity index (χ2n) is 4.02. The summed E-state index contributed by atoms with van der Waals surface area (Å²) in [4.78, 5) is 19.1. The molecule has 0 saturated heterocycles. The molecule has 21 heavy (non-hydrogen) atoms. The van der Waals surface area contributed by atoms with Crippen LogP contribution >= 0.6 is 12.4 Å². The first kappa shape index (κ1) is 17.1. The summed E-state index contributed by atoms with van der Waals surface area (Å²) < 4.78 is 5.13. The highest BCUT2D eigenvalue weighted by Gasteiger charge is 2.07. The highest BCUT2D eigenvalue weighted by molar-refractivity contribution is 5.96. The van der Waals surface area contributed by atoms with Crippen molar-refractivity contribution in [2.45, 2.75) is 0 Å². The fraction of sp³-hybridized carbons (Fsp3) is 0.308. The van der Waals surface area contributed by atoms with E-state index in [0.29, 0.717) is 31.1 Å². The highest BCUT2D eigenvalue weighted by Crippen LogP contribution is 2.20. The summed E-state index contributed by atoms with van der Waals surface area (Å²) in [6.07, 6.45) is 1.38. The van der Waals surface area contributed by atoms with Crippen molar-refractivity contribution in [1.29, 1.82) is 0 Å². The molecule has 2 rings (SSSR count). The molecule has 114 valence electrons. The van der Waals surface area contributed by atoms with E-state index in [4.69, 9.17) is 14.9 Å². The first-order valence-corrected chi connectivity index (χ1v) is 6.13. The van der Waals surface area contributed by atoms with Crippen molar-refractivity contribution in [1.82, 2.24) is 9.97 Å². The van der Waals surface area contributed by atoms with Gasteiger partial charge >= 0.3 is 5.97 Å². The Kier molecular flexibility index (Phi) is 6.80. The monoisotopic (exact) mass is 313 g/mol. The van der Waals surface area contributed by atoms with Gasteiger partial charge in [-0.3, -0.25) is 0 Å². The van der Waals surface area contributed by atoms with Crippen molar-refractivity contribution < 1.29 is 19.7 Å². The molecule has 0 atom stereocenters. The Hall–Kier alpha value is -1.96. The van der Waals surface area contributed by atoms with Crippen LogP contribution in [0, 0.1) is 0 Å². The standard InChI is InChI=1S/C13H15N3O4.ClH/c17-4-6-20-5-3-14-12-10-2-1-9(13(18)19)7-11(10)15-8-16-12;/h1-2,7-8,17H,3-6H2,(H,18,19)(H,14,15,16);1H. The van der Waals surface area contributed by atoms with Gasteiger partial charge in [0.2, 0.25) is 0 Å². The molecule has 0 bridgehead atoms. The summed E-state index contributed by atoms with van der Waals surface area (Å²) in [5.41, 5.74) is 0.757. The van der Waals surface area contributed by atoms with E-state index in [1.807, 2.05) is 0 Å². The fourth-order valence-electron chi connectivity index (χ4n) is 1.74. The summed E-state index contributed by atoms with van der Waals surface area (Å²) >= 11 is 0. The zero-order chi connectivity index (χ0) is 14.4. The van der Waals surface area contributed by atoms with Gasteiger partial charge in [-0.2, -0.15) is 0 Å². The second kappa shape index (κ2) is 8.35. The van der Waals surface area contributed by atoms with E-state index in [-0.39, 0.29) is 24.6 Å². The lowest BCUT2D eigenvalue weighted by Gasteiger charge is -2.08. The molecule has 0 aliphatic rings. The molecule has 2 aromatic rings. The molecule has 7 nitrogen and oxygen atoms in total. The van der Waals surface area contributed by atoms with Gasteiger partial charge < -0.3 is 20.3 Å². The summed E-state index contributed by atoms with van der Waals surface area (Å²) in [6, 6.07) is 4.70. The fourth-order valence-corrected chi connectivity index (χ4v) is 1.74. The molecule has 0 aliphatic carbocycles. The van der Waals surface area contributed by atoms with Gasteiger partial charge in [0.1, 0.15) is 12.1 Å². The average molecular weight is 314 g/mol. The number of aromatic nitrogens is 2. The number of aliphatic hydroxyl groups is 1. The van der Waals surface area contributed by atoms with Crippen molar-refractivity contribution in [3.05, 3.63) is 30.1 Å². The number of halogens is 1. The predicted octanol–water partition coefficient (Wildman–Crippen LogP) is 1.17. The summed E-state index contributed by atoms with van der Waals surface area (Å²) in [6.45, 7) is 1.27. The van der Waals surface area contributed by atoms with Crippen LogP contribution < -0.4 is 5.32 Å². The van der Waals surface area contributed by atoms with Gasteiger partial charge in [-0.1, -0.05) is 0 Å². The molecule has 0 saturated carbocycles. The van der Waals surface area contributed by atoms with Crippen LogP contribution in [0.15, 0.2) is 24.5 Å². The van der Waals surface area contributed by atoms with Gasteiger partial charge in [0.05, 0.1) is 30.9 Å². The van der Waals surface area contributed by atoms with E-state index in [1.54, 1.807) is 6.07 Å². The Labute approximate surface area is 127 Å². The molecule has 0 spiro atoms. The second-order valence-corrected chi connectivity index (χ2v) is 4.02. The number of benzene rings is 1.